The van der Waals surface area contributed by atoms with Gasteiger partial charge in [0.25, 0.3) is 0 Å². The van der Waals surface area contributed by atoms with Crippen LogP contribution in [-0.2, 0) is 12.8 Å². The van der Waals surface area contributed by atoms with E-state index in [1.807, 2.05) is 0 Å². The van der Waals surface area contributed by atoms with Crippen molar-refractivity contribution in [2.75, 3.05) is 0 Å². The average Bonchev–Trinajstić information content (AvgIpc) is 2.77. The van der Waals surface area contributed by atoms with E-state index in [-0.39, 0.29) is 0 Å². The van der Waals surface area contributed by atoms with Crippen molar-refractivity contribution in [3.8, 4) is 0 Å². The van der Waals surface area contributed by atoms with Gasteiger partial charge in [-0.25, -0.2) is 0 Å². The second kappa shape index (κ2) is 21.5. The SMILES string of the molecule is CCCCCCCCCCCCc1[c]cccc1CCCCCCCCCCCC. The smallest absolute Gasteiger partial charge is 0.0146 e. The molecule has 0 aliphatic rings. The van der Waals surface area contributed by atoms with Crippen LogP contribution in [0.1, 0.15) is 153 Å². The molecule has 0 amide bonds. The van der Waals surface area contributed by atoms with Crippen molar-refractivity contribution in [2.45, 2.75) is 155 Å². The molecule has 0 saturated heterocycles. The fraction of sp³-hybridized carbons (Fsp3) is 0.800. The third-order valence-corrected chi connectivity index (χ3v) is 6.62. The molecule has 0 atom stereocenters. The highest BCUT2D eigenvalue weighted by Gasteiger charge is 2.03. The predicted octanol–water partition coefficient (Wildman–Crippen LogP) is 10.4. The highest BCUT2D eigenvalue weighted by atomic mass is 14.1. The van der Waals surface area contributed by atoms with E-state index < -0.39 is 0 Å². The van der Waals surface area contributed by atoms with Gasteiger partial charge < -0.3 is 0 Å². The minimum atomic E-state index is 1.24. The van der Waals surface area contributed by atoms with Crippen LogP contribution in [0.5, 0.6) is 0 Å². The van der Waals surface area contributed by atoms with Crippen molar-refractivity contribution in [2.24, 2.45) is 0 Å². The van der Waals surface area contributed by atoms with Crippen LogP contribution < -0.4 is 0 Å². The normalized spacial score (nSPS) is 11.3. The second-order valence-electron chi connectivity index (χ2n) is 9.54. The van der Waals surface area contributed by atoms with E-state index >= 15 is 0 Å². The summed E-state index contributed by atoms with van der Waals surface area (Å²) in [6, 6.07) is 10.2. The summed E-state index contributed by atoms with van der Waals surface area (Å²) >= 11 is 0. The molecule has 173 valence electrons. The van der Waals surface area contributed by atoms with Crippen LogP contribution in [0.3, 0.4) is 0 Å². The molecule has 0 heterocycles. The van der Waals surface area contributed by atoms with Crippen molar-refractivity contribution >= 4 is 0 Å². The van der Waals surface area contributed by atoms with Gasteiger partial charge >= 0.3 is 0 Å². The standard InChI is InChI=1S/C30H53/c1-3-5-7-9-11-13-15-17-19-21-25-29-27-23-24-28-30(29)26-22-20-18-16-14-12-10-8-6-4-2/h23-24,27H,3-22,25-26H2,1-2H3. The Bertz CT molecular complexity index is 418. The van der Waals surface area contributed by atoms with Crippen LogP contribution in [0, 0.1) is 6.07 Å². The van der Waals surface area contributed by atoms with E-state index in [1.165, 1.54) is 147 Å². The molecule has 0 bridgehead atoms. The zero-order valence-corrected chi connectivity index (χ0v) is 20.8. The van der Waals surface area contributed by atoms with Gasteiger partial charge in [-0.05, 0) is 42.9 Å². The van der Waals surface area contributed by atoms with Crippen LogP contribution in [0.25, 0.3) is 0 Å². The Morgan fingerprint density at radius 1 is 0.500 bits per heavy atom. The Kier molecular flexibility index (Phi) is 19.5. The Morgan fingerprint density at radius 3 is 1.37 bits per heavy atom. The average molecular weight is 414 g/mol. The molecule has 0 heteroatoms. The first-order chi connectivity index (χ1) is 14.9. The summed E-state index contributed by atoms with van der Waals surface area (Å²) in [6.07, 6.45) is 30.9. The van der Waals surface area contributed by atoms with Crippen molar-refractivity contribution in [3.05, 3.63) is 35.4 Å². The molecule has 30 heavy (non-hydrogen) atoms. The number of hydrogen-bond acceptors (Lipinski definition) is 0. The topological polar surface area (TPSA) is 0 Å². The lowest BCUT2D eigenvalue weighted by Crippen LogP contribution is -1.96. The molecule has 1 radical (unpaired) electrons. The summed E-state index contributed by atoms with van der Waals surface area (Å²) in [6.45, 7) is 4.60. The van der Waals surface area contributed by atoms with Gasteiger partial charge in [0.05, 0.1) is 0 Å². The molecular formula is C30H53. The molecular weight excluding hydrogens is 360 g/mol. The highest BCUT2D eigenvalue weighted by Crippen LogP contribution is 2.18. The maximum Gasteiger partial charge on any atom is -0.0146 e. The van der Waals surface area contributed by atoms with Gasteiger partial charge in [-0.2, -0.15) is 0 Å². The Labute approximate surface area is 190 Å². The third-order valence-electron chi connectivity index (χ3n) is 6.62. The van der Waals surface area contributed by atoms with Crippen LogP contribution in [0.15, 0.2) is 18.2 Å². The number of unbranched alkanes of at least 4 members (excludes halogenated alkanes) is 18. The van der Waals surface area contributed by atoms with Gasteiger partial charge in [0.2, 0.25) is 0 Å². The van der Waals surface area contributed by atoms with Crippen LogP contribution in [0.2, 0.25) is 0 Å². The summed E-state index contributed by atoms with van der Waals surface area (Å²) in [4.78, 5) is 0. The molecule has 1 aromatic carbocycles. The second-order valence-corrected chi connectivity index (χ2v) is 9.54. The highest BCUT2D eigenvalue weighted by molar-refractivity contribution is 5.26. The maximum atomic E-state index is 3.55. The zero-order chi connectivity index (χ0) is 21.5. The van der Waals surface area contributed by atoms with E-state index in [9.17, 15) is 0 Å². The lowest BCUT2D eigenvalue weighted by molar-refractivity contribution is 0.553. The zero-order valence-electron chi connectivity index (χ0n) is 20.8. The van der Waals surface area contributed by atoms with Crippen molar-refractivity contribution in [1.29, 1.82) is 0 Å². The van der Waals surface area contributed by atoms with E-state index in [4.69, 9.17) is 0 Å². The van der Waals surface area contributed by atoms with Gasteiger partial charge in [-0.3, -0.25) is 0 Å². The van der Waals surface area contributed by atoms with E-state index in [0.29, 0.717) is 0 Å². The van der Waals surface area contributed by atoms with E-state index in [1.54, 1.807) is 5.56 Å². The monoisotopic (exact) mass is 413 g/mol. The molecule has 0 aliphatic carbocycles. The number of rotatable bonds is 22. The van der Waals surface area contributed by atoms with Crippen LogP contribution in [-0.4, -0.2) is 0 Å². The summed E-state index contributed by atoms with van der Waals surface area (Å²) in [7, 11) is 0. The fourth-order valence-electron chi connectivity index (χ4n) is 4.57. The summed E-state index contributed by atoms with van der Waals surface area (Å²) in [5, 5.41) is 0. The number of hydrogen-bond donors (Lipinski definition) is 0. The molecule has 1 rings (SSSR count). The Hall–Kier alpha value is -0.780. The minimum absolute atomic E-state index is 1.24. The van der Waals surface area contributed by atoms with Gasteiger partial charge in [0, 0.05) is 0 Å². The lowest BCUT2D eigenvalue weighted by atomic mass is 9.96. The van der Waals surface area contributed by atoms with E-state index in [0.717, 1.165) is 0 Å². The summed E-state index contributed by atoms with van der Waals surface area (Å²) in [5.41, 5.74) is 3.08. The van der Waals surface area contributed by atoms with Gasteiger partial charge in [-0.15, -0.1) is 0 Å². The molecule has 0 aliphatic heterocycles. The summed E-state index contributed by atoms with van der Waals surface area (Å²) < 4.78 is 0. The van der Waals surface area contributed by atoms with Gasteiger partial charge in [-0.1, -0.05) is 148 Å². The predicted molar refractivity (Wildman–Crippen MR) is 136 cm³/mol. The Morgan fingerprint density at radius 2 is 0.900 bits per heavy atom. The molecule has 0 unspecified atom stereocenters. The fourth-order valence-corrected chi connectivity index (χ4v) is 4.57. The molecule has 0 N–H and O–H groups in total. The summed E-state index contributed by atoms with van der Waals surface area (Å²) in [5.74, 6) is 0. The largest absolute Gasteiger partial charge is 0.0654 e. The van der Waals surface area contributed by atoms with Crippen molar-refractivity contribution in [3.63, 3.8) is 0 Å². The van der Waals surface area contributed by atoms with Crippen LogP contribution >= 0.6 is 0 Å². The first-order valence-electron chi connectivity index (χ1n) is 13.9. The number of aryl methyl sites for hydroxylation is 2. The molecule has 1 aromatic rings. The minimum Gasteiger partial charge on any atom is -0.0654 e. The molecule has 0 fully saturated rings. The molecule has 0 saturated carbocycles. The van der Waals surface area contributed by atoms with Crippen molar-refractivity contribution < 1.29 is 0 Å². The lowest BCUT2D eigenvalue weighted by Gasteiger charge is -2.09. The molecule has 0 spiro atoms. The first-order valence-corrected chi connectivity index (χ1v) is 13.9. The molecule has 0 aromatic heterocycles. The van der Waals surface area contributed by atoms with Gasteiger partial charge in [0.15, 0.2) is 0 Å². The van der Waals surface area contributed by atoms with Crippen molar-refractivity contribution in [1.82, 2.24) is 0 Å². The van der Waals surface area contributed by atoms with E-state index in [2.05, 4.69) is 38.1 Å². The quantitative estimate of drug-likeness (QED) is 0.166. The number of benzene rings is 1. The first kappa shape index (κ1) is 27.3. The molecule has 0 nitrogen and oxygen atoms in total. The maximum absolute atomic E-state index is 3.55. The third kappa shape index (κ3) is 16.0. The van der Waals surface area contributed by atoms with Crippen LogP contribution in [0.4, 0.5) is 0 Å². The Balaban J connectivity index is 2.02. The van der Waals surface area contributed by atoms with Gasteiger partial charge in [0.1, 0.15) is 0 Å².